The minimum atomic E-state index is -0.961. The molecule has 0 heterocycles. The number of hydrogen-bond acceptors (Lipinski definition) is 7. The molecule has 4 bridgehead atoms. The Morgan fingerprint density at radius 1 is 1.10 bits per heavy atom. The number of methoxy groups -OCH3 is 1. The lowest BCUT2D eigenvalue weighted by Gasteiger charge is -2.62. The van der Waals surface area contributed by atoms with E-state index in [1.54, 1.807) is 0 Å². The first-order chi connectivity index (χ1) is 9.76. The van der Waals surface area contributed by atoms with Crippen molar-refractivity contribution in [3.05, 3.63) is 0 Å². The second kappa shape index (κ2) is 4.58. The fourth-order valence-electron chi connectivity index (χ4n) is 4.81. The van der Waals surface area contributed by atoms with Crippen molar-refractivity contribution >= 4 is 12.1 Å². The molecule has 0 aliphatic heterocycles. The molecule has 4 aliphatic rings. The van der Waals surface area contributed by atoms with Crippen LogP contribution in [-0.4, -0.2) is 52.9 Å². The molecule has 4 fully saturated rings. The van der Waals surface area contributed by atoms with Gasteiger partial charge in [-0.3, -0.25) is 0 Å². The minimum absolute atomic E-state index is 0.158. The lowest BCUT2D eigenvalue weighted by Crippen LogP contribution is -2.67. The standard InChI is InChI=1S/C14H20O7/c1-19-11(16)20-5-10(15)21-14-4-9-2-12(17,7-14)6-13(18,3-9)8-14/h9,17-18H,2-8H2,1H3. The molecule has 0 saturated heterocycles. The van der Waals surface area contributed by atoms with Crippen molar-refractivity contribution in [1.29, 1.82) is 0 Å². The van der Waals surface area contributed by atoms with Gasteiger partial charge in [-0.15, -0.1) is 0 Å². The maximum Gasteiger partial charge on any atom is 0.508 e. The molecule has 0 amide bonds. The highest BCUT2D eigenvalue weighted by Crippen LogP contribution is 2.60. The zero-order chi connectivity index (χ0) is 15.3. The molecule has 21 heavy (non-hydrogen) atoms. The van der Waals surface area contributed by atoms with E-state index < -0.39 is 35.5 Å². The molecule has 4 saturated carbocycles. The van der Waals surface area contributed by atoms with Gasteiger partial charge in [0.1, 0.15) is 5.60 Å². The topological polar surface area (TPSA) is 102 Å². The van der Waals surface area contributed by atoms with E-state index in [2.05, 4.69) is 9.47 Å². The Labute approximate surface area is 122 Å². The van der Waals surface area contributed by atoms with E-state index in [1.807, 2.05) is 0 Å². The van der Waals surface area contributed by atoms with Crippen molar-refractivity contribution in [3.8, 4) is 0 Å². The van der Waals surface area contributed by atoms with Crippen LogP contribution in [0.5, 0.6) is 0 Å². The van der Waals surface area contributed by atoms with Gasteiger partial charge >= 0.3 is 12.1 Å². The van der Waals surface area contributed by atoms with Crippen LogP contribution < -0.4 is 0 Å². The molecule has 7 heteroatoms. The Morgan fingerprint density at radius 2 is 1.71 bits per heavy atom. The maximum absolute atomic E-state index is 11.8. The first-order valence-electron chi connectivity index (χ1n) is 7.13. The lowest BCUT2D eigenvalue weighted by atomic mass is 9.50. The number of carbonyl (C=O) groups excluding carboxylic acids is 2. The summed E-state index contributed by atoms with van der Waals surface area (Å²) >= 11 is 0. The van der Waals surface area contributed by atoms with Crippen LogP contribution in [0.2, 0.25) is 0 Å². The monoisotopic (exact) mass is 300 g/mol. The summed E-state index contributed by atoms with van der Waals surface area (Å²) in [6.45, 7) is -0.532. The van der Waals surface area contributed by atoms with E-state index in [1.165, 1.54) is 0 Å². The first-order valence-corrected chi connectivity index (χ1v) is 7.13. The van der Waals surface area contributed by atoms with Crippen LogP contribution in [0, 0.1) is 5.92 Å². The van der Waals surface area contributed by atoms with Gasteiger partial charge < -0.3 is 24.4 Å². The summed E-state index contributed by atoms with van der Waals surface area (Å²) in [7, 11) is 1.15. The van der Waals surface area contributed by atoms with Gasteiger partial charge in [-0.2, -0.15) is 0 Å². The van der Waals surface area contributed by atoms with Crippen molar-refractivity contribution < 1.29 is 34.0 Å². The summed E-state index contributed by atoms with van der Waals surface area (Å²) in [6.07, 6.45) is 2.00. The van der Waals surface area contributed by atoms with Gasteiger partial charge in [0, 0.05) is 19.3 Å². The van der Waals surface area contributed by atoms with E-state index in [9.17, 15) is 19.8 Å². The largest absolute Gasteiger partial charge is 0.508 e. The van der Waals surface area contributed by atoms with Crippen molar-refractivity contribution in [2.45, 2.75) is 55.3 Å². The van der Waals surface area contributed by atoms with Gasteiger partial charge in [-0.1, -0.05) is 0 Å². The highest BCUT2D eigenvalue weighted by Gasteiger charge is 2.64. The Hall–Kier alpha value is -1.34. The predicted octanol–water partition coefficient (Wildman–Crippen LogP) is 0.511. The van der Waals surface area contributed by atoms with Gasteiger partial charge in [0.05, 0.1) is 18.3 Å². The second-order valence-corrected chi connectivity index (χ2v) is 6.86. The van der Waals surface area contributed by atoms with Crippen molar-refractivity contribution in [2.75, 3.05) is 13.7 Å². The van der Waals surface area contributed by atoms with Crippen LogP contribution in [-0.2, 0) is 19.0 Å². The van der Waals surface area contributed by atoms with Crippen LogP contribution in [0.4, 0.5) is 4.79 Å². The quantitative estimate of drug-likeness (QED) is 0.732. The minimum Gasteiger partial charge on any atom is -0.456 e. The second-order valence-electron chi connectivity index (χ2n) is 6.86. The Balaban J connectivity index is 1.67. The molecule has 7 nitrogen and oxygen atoms in total. The molecule has 0 radical (unpaired) electrons. The third-order valence-corrected chi connectivity index (χ3v) is 4.76. The molecule has 0 spiro atoms. The molecule has 0 aromatic carbocycles. The van der Waals surface area contributed by atoms with Gasteiger partial charge in [-0.05, 0) is 25.2 Å². The van der Waals surface area contributed by atoms with Crippen LogP contribution in [0.1, 0.15) is 38.5 Å². The molecule has 118 valence electrons. The Kier molecular flexibility index (Phi) is 3.18. The predicted molar refractivity (Wildman–Crippen MR) is 68.3 cm³/mol. The Bertz CT molecular complexity index is 456. The maximum atomic E-state index is 11.8. The van der Waals surface area contributed by atoms with Crippen LogP contribution in [0.15, 0.2) is 0 Å². The normalized spacial score (nSPS) is 43.5. The Morgan fingerprint density at radius 3 is 2.24 bits per heavy atom. The molecule has 0 aromatic rings. The third-order valence-electron chi connectivity index (χ3n) is 4.76. The smallest absolute Gasteiger partial charge is 0.456 e. The van der Waals surface area contributed by atoms with Gasteiger partial charge in [0.15, 0.2) is 6.61 Å². The summed E-state index contributed by atoms with van der Waals surface area (Å²) < 4.78 is 14.3. The molecule has 4 aliphatic carbocycles. The number of aliphatic hydroxyl groups is 2. The van der Waals surface area contributed by atoms with Crippen molar-refractivity contribution in [3.63, 3.8) is 0 Å². The highest BCUT2D eigenvalue weighted by atomic mass is 16.7. The SMILES string of the molecule is COC(=O)OCC(=O)OC12CC3CC(O)(CC(O)(C3)C1)C2. The third kappa shape index (κ3) is 2.72. The van der Waals surface area contributed by atoms with E-state index in [4.69, 9.17) is 4.74 Å². The number of carbonyl (C=O) groups is 2. The average molecular weight is 300 g/mol. The molecular formula is C14H20O7. The molecular weight excluding hydrogens is 280 g/mol. The van der Waals surface area contributed by atoms with Crippen molar-refractivity contribution in [2.24, 2.45) is 5.92 Å². The molecule has 0 aromatic heterocycles. The summed E-state index contributed by atoms with van der Waals surface area (Å²) in [6, 6.07) is 0. The van der Waals surface area contributed by atoms with Gasteiger partial charge in [0.2, 0.25) is 0 Å². The summed E-state index contributed by atoms with van der Waals surface area (Å²) in [5.74, 6) is -0.528. The highest BCUT2D eigenvalue weighted by molar-refractivity contribution is 5.74. The zero-order valence-electron chi connectivity index (χ0n) is 12.0. The molecule has 2 N–H and O–H groups in total. The zero-order valence-corrected chi connectivity index (χ0v) is 12.0. The fourth-order valence-corrected chi connectivity index (χ4v) is 4.81. The van der Waals surface area contributed by atoms with Crippen LogP contribution >= 0.6 is 0 Å². The summed E-state index contributed by atoms with van der Waals surface area (Å²) in [5.41, 5.74) is -2.77. The number of rotatable bonds is 3. The number of hydrogen-bond donors (Lipinski definition) is 2. The van der Waals surface area contributed by atoms with E-state index in [0.717, 1.165) is 7.11 Å². The van der Waals surface area contributed by atoms with E-state index in [-0.39, 0.29) is 5.92 Å². The molecule has 4 rings (SSSR count). The van der Waals surface area contributed by atoms with E-state index in [0.29, 0.717) is 38.5 Å². The average Bonchev–Trinajstić information content (AvgIpc) is 2.30. The van der Waals surface area contributed by atoms with Crippen molar-refractivity contribution in [1.82, 2.24) is 0 Å². The van der Waals surface area contributed by atoms with Crippen LogP contribution in [0.3, 0.4) is 0 Å². The molecule has 2 atom stereocenters. The summed E-state index contributed by atoms with van der Waals surface area (Å²) in [5, 5.41) is 21.1. The summed E-state index contributed by atoms with van der Waals surface area (Å²) in [4.78, 5) is 22.7. The number of esters is 1. The lowest BCUT2D eigenvalue weighted by molar-refractivity contribution is -0.262. The van der Waals surface area contributed by atoms with Crippen LogP contribution in [0.25, 0.3) is 0 Å². The first kappa shape index (κ1) is 14.6. The van der Waals surface area contributed by atoms with Gasteiger partial charge in [-0.25, -0.2) is 9.59 Å². The van der Waals surface area contributed by atoms with Gasteiger partial charge in [0.25, 0.3) is 0 Å². The van der Waals surface area contributed by atoms with E-state index >= 15 is 0 Å². The fraction of sp³-hybridized carbons (Fsp3) is 0.857. The number of ether oxygens (including phenoxy) is 3. The molecule has 2 unspecified atom stereocenters.